The van der Waals surface area contributed by atoms with Crippen LogP contribution in [0.3, 0.4) is 0 Å². The summed E-state index contributed by atoms with van der Waals surface area (Å²) in [5, 5.41) is 3.98. The minimum absolute atomic E-state index is 0.446. The average molecular weight is 403 g/mol. The van der Waals surface area contributed by atoms with Gasteiger partial charge in [-0.15, -0.1) is 0 Å². The summed E-state index contributed by atoms with van der Waals surface area (Å²) in [6, 6.07) is 14.4. The number of amides is 1. The quantitative estimate of drug-likeness (QED) is 0.495. The third-order valence-electron chi connectivity index (χ3n) is 4.05. The molecule has 1 N–H and O–H groups in total. The van der Waals surface area contributed by atoms with Crippen LogP contribution in [0.4, 0.5) is 18.9 Å². The van der Waals surface area contributed by atoms with Gasteiger partial charge in [-0.25, -0.2) is 18.0 Å². The van der Waals surface area contributed by atoms with Crippen LogP contribution in [0, 0.1) is 17.5 Å². The molecule has 0 radical (unpaired) electrons. The first-order valence-electron chi connectivity index (χ1n) is 8.60. The highest BCUT2D eigenvalue weighted by Crippen LogP contribution is 2.21. The third-order valence-corrected chi connectivity index (χ3v) is 4.05. The Labute approximate surface area is 164 Å². The second-order valence-corrected chi connectivity index (χ2v) is 6.14. The highest BCUT2D eigenvalue weighted by Gasteiger charge is 2.21. The highest BCUT2D eigenvalue weighted by atomic mass is 19.2. The van der Waals surface area contributed by atoms with Gasteiger partial charge in [0, 0.05) is 0 Å². The van der Waals surface area contributed by atoms with Crippen molar-refractivity contribution in [2.24, 2.45) is 0 Å². The molecule has 0 fully saturated rings. The molecule has 0 bridgehead atoms. The van der Waals surface area contributed by atoms with Gasteiger partial charge in [0.15, 0.2) is 30.2 Å². The Balaban J connectivity index is 1.54. The van der Waals surface area contributed by atoms with Crippen molar-refractivity contribution in [2.45, 2.75) is 13.0 Å². The van der Waals surface area contributed by atoms with E-state index in [0.29, 0.717) is 11.8 Å². The molecule has 0 aliphatic rings. The molecule has 5 nitrogen and oxygen atoms in total. The third kappa shape index (κ3) is 4.84. The lowest BCUT2D eigenvalue weighted by Gasteiger charge is -2.14. The fourth-order valence-corrected chi connectivity index (χ4v) is 2.54. The molecular formula is C21H16F3NO4. The first-order chi connectivity index (χ1) is 13.8. The number of rotatable bonds is 6. The minimum Gasteiger partial charge on any atom is -0.482 e. The van der Waals surface area contributed by atoms with E-state index in [2.05, 4.69) is 0 Å². The maximum atomic E-state index is 13.6. The summed E-state index contributed by atoms with van der Waals surface area (Å²) < 4.78 is 50.0. The lowest BCUT2D eigenvalue weighted by atomic mass is 10.1. The zero-order chi connectivity index (χ0) is 21.0. The Bertz CT molecular complexity index is 1070. The number of nitrogens with one attached hydrogen (secondary N) is 1. The van der Waals surface area contributed by atoms with Crippen molar-refractivity contribution in [3.63, 3.8) is 0 Å². The van der Waals surface area contributed by atoms with E-state index in [0.717, 1.165) is 16.8 Å². The molecule has 1 unspecified atom stereocenters. The molecular weight excluding hydrogens is 387 g/mol. The summed E-state index contributed by atoms with van der Waals surface area (Å²) in [5.74, 6) is -5.93. The van der Waals surface area contributed by atoms with Crippen LogP contribution in [-0.2, 0) is 14.3 Å². The molecule has 3 aromatic rings. The fraction of sp³-hybridized carbons (Fsp3) is 0.143. The van der Waals surface area contributed by atoms with Crippen molar-refractivity contribution in [1.82, 2.24) is 0 Å². The fourth-order valence-electron chi connectivity index (χ4n) is 2.54. The van der Waals surface area contributed by atoms with Crippen LogP contribution in [-0.4, -0.2) is 24.6 Å². The van der Waals surface area contributed by atoms with Gasteiger partial charge in [-0.3, -0.25) is 4.79 Å². The SMILES string of the molecule is CC(OC(=O)COc1ccc2ccccc2c1)C(=O)Nc1ccc(F)c(F)c1F. The second kappa shape index (κ2) is 8.64. The minimum atomic E-state index is -1.71. The van der Waals surface area contributed by atoms with E-state index in [4.69, 9.17) is 9.47 Å². The van der Waals surface area contributed by atoms with E-state index < -0.39 is 47.7 Å². The molecule has 0 aliphatic heterocycles. The Kier molecular flexibility index (Phi) is 6.01. The van der Waals surface area contributed by atoms with Gasteiger partial charge in [0.2, 0.25) is 0 Å². The molecule has 1 amide bonds. The van der Waals surface area contributed by atoms with Crippen LogP contribution in [0.25, 0.3) is 10.8 Å². The molecule has 1 atom stereocenters. The Morgan fingerprint density at radius 3 is 2.45 bits per heavy atom. The van der Waals surface area contributed by atoms with Gasteiger partial charge in [0.25, 0.3) is 5.91 Å². The predicted molar refractivity (Wildman–Crippen MR) is 99.9 cm³/mol. The summed E-state index contributed by atoms with van der Waals surface area (Å²) in [5.41, 5.74) is -0.566. The van der Waals surface area contributed by atoms with Crippen molar-refractivity contribution in [3.05, 3.63) is 72.0 Å². The van der Waals surface area contributed by atoms with Crippen molar-refractivity contribution < 1.29 is 32.2 Å². The van der Waals surface area contributed by atoms with Crippen molar-refractivity contribution in [1.29, 1.82) is 0 Å². The first-order valence-corrected chi connectivity index (χ1v) is 8.60. The average Bonchev–Trinajstić information content (AvgIpc) is 2.72. The molecule has 3 rings (SSSR count). The molecule has 150 valence electrons. The number of fused-ring (bicyclic) bond motifs is 1. The van der Waals surface area contributed by atoms with Gasteiger partial charge in [0.05, 0.1) is 5.69 Å². The predicted octanol–water partition coefficient (Wildman–Crippen LogP) is 4.21. The highest BCUT2D eigenvalue weighted by molar-refractivity contribution is 5.95. The van der Waals surface area contributed by atoms with Crippen molar-refractivity contribution in [2.75, 3.05) is 11.9 Å². The number of hydrogen-bond donors (Lipinski definition) is 1. The Hall–Kier alpha value is -3.55. The summed E-state index contributed by atoms with van der Waals surface area (Å²) >= 11 is 0. The van der Waals surface area contributed by atoms with Crippen LogP contribution < -0.4 is 10.1 Å². The van der Waals surface area contributed by atoms with Crippen LogP contribution >= 0.6 is 0 Å². The van der Waals surface area contributed by atoms with Gasteiger partial charge in [-0.1, -0.05) is 30.3 Å². The molecule has 0 aromatic heterocycles. The Morgan fingerprint density at radius 1 is 0.966 bits per heavy atom. The molecule has 0 saturated heterocycles. The summed E-state index contributed by atoms with van der Waals surface area (Å²) in [4.78, 5) is 23.9. The van der Waals surface area contributed by atoms with E-state index in [1.54, 1.807) is 12.1 Å². The van der Waals surface area contributed by atoms with Crippen LogP contribution in [0.1, 0.15) is 6.92 Å². The number of esters is 1. The largest absolute Gasteiger partial charge is 0.482 e. The zero-order valence-corrected chi connectivity index (χ0v) is 15.2. The van der Waals surface area contributed by atoms with E-state index in [-0.39, 0.29) is 0 Å². The summed E-state index contributed by atoms with van der Waals surface area (Å²) in [6.45, 7) is 0.802. The molecule has 8 heteroatoms. The molecule has 3 aromatic carbocycles. The monoisotopic (exact) mass is 403 g/mol. The number of ether oxygens (including phenoxy) is 2. The van der Waals surface area contributed by atoms with Crippen molar-refractivity contribution >= 4 is 28.3 Å². The van der Waals surface area contributed by atoms with E-state index in [1.165, 1.54) is 6.92 Å². The molecule has 29 heavy (non-hydrogen) atoms. The van der Waals surface area contributed by atoms with Gasteiger partial charge >= 0.3 is 5.97 Å². The first kappa shape index (κ1) is 20.2. The maximum Gasteiger partial charge on any atom is 0.344 e. The zero-order valence-electron chi connectivity index (χ0n) is 15.2. The van der Waals surface area contributed by atoms with Gasteiger partial charge in [-0.05, 0) is 42.0 Å². The maximum absolute atomic E-state index is 13.6. The lowest BCUT2D eigenvalue weighted by molar-refractivity contribution is -0.155. The number of carbonyl (C=O) groups is 2. The second-order valence-electron chi connectivity index (χ2n) is 6.14. The Morgan fingerprint density at radius 2 is 1.69 bits per heavy atom. The number of halogens is 3. The smallest absolute Gasteiger partial charge is 0.344 e. The molecule has 0 aliphatic carbocycles. The van der Waals surface area contributed by atoms with Crippen LogP contribution in [0.2, 0.25) is 0 Å². The van der Waals surface area contributed by atoms with Gasteiger partial charge < -0.3 is 14.8 Å². The topological polar surface area (TPSA) is 64.6 Å². The van der Waals surface area contributed by atoms with Crippen LogP contribution in [0.15, 0.2) is 54.6 Å². The van der Waals surface area contributed by atoms with Crippen molar-refractivity contribution in [3.8, 4) is 5.75 Å². The van der Waals surface area contributed by atoms with E-state index in [1.807, 2.05) is 35.6 Å². The molecule has 0 saturated carbocycles. The van der Waals surface area contributed by atoms with E-state index >= 15 is 0 Å². The molecule has 0 spiro atoms. The number of anilines is 1. The van der Waals surface area contributed by atoms with E-state index in [9.17, 15) is 22.8 Å². The number of carbonyl (C=O) groups excluding carboxylic acids is 2. The lowest BCUT2D eigenvalue weighted by Crippen LogP contribution is -2.32. The summed E-state index contributed by atoms with van der Waals surface area (Å²) in [6.07, 6.45) is -1.31. The van der Waals surface area contributed by atoms with Gasteiger partial charge in [0.1, 0.15) is 5.75 Å². The number of hydrogen-bond acceptors (Lipinski definition) is 4. The van der Waals surface area contributed by atoms with Gasteiger partial charge in [-0.2, -0.15) is 0 Å². The van der Waals surface area contributed by atoms with Crippen LogP contribution in [0.5, 0.6) is 5.75 Å². The molecule has 0 heterocycles. The normalized spacial score (nSPS) is 11.7. The summed E-state index contributed by atoms with van der Waals surface area (Å²) in [7, 11) is 0. The number of benzene rings is 3. The standard InChI is InChI=1S/C21H16F3NO4/c1-12(21(27)25-17-9-8-16(22)19(23)20(17)24)29-18(26)11-28-15-7-6-13-4-2-3-5-14(13)10-15/h2-10,12H,11H2,1H3,(H,25,27).